The molecule has 1 amide bonds. The standard InChI is InChI=1S/C19H24N4O2/c24-19(18-12-17(18)15-4-2-1-3-5-15)21-16-13-20-23(14-16)7-6-22-8-10-25-11-9-22/h1-5,13-14,17-18H,6-12H2,(H,21,24)/t17-,18-/m1/s1. The number of benzene rings is 1. The van der Waals surface area contributed by atoms with Crippen molar-refractivity contribution in [3.8, 4) is 0 Å². The number of ether oxygens (including phenoxy) is 1. The number of nitrogens with one attached hydrogen (secondary N) is 1. The quantitative estimate of drug-likeness (QED) is 0.873. The Bertz CT molecular complexity index is 709. The first kappa shape index (κ1) is 16.3. The van der Waals surface area contributed by atoms with E-state index in [1.54, 1.807) is 6.20 Å². The number of anilines is 1. The average Bonchev–Trinajstić information content (AvgIpc) is 3.35. The van der Waals surface area contributed by atoms with Gasteiger partial charge in [0, 0.05) is 31.7 Å². The Morgan fingerprint density at radius 2 is 2.00 bits per heavy atom. The summed E-state index contributed by atoms with van der Waals surface area (Å²) < 4.78 is 7.25. The van der Waals surface area contributed by atoms with E-state index in [1.165, 1.54) is 5.56 Å². The third-order valence-corrected chi connectivity index (χ3v) is 5.00. The third-order valence-electron chi connectivity index (χ3n) is 5.00. The van der Waals surface area contributed by atoms with E-state index in [4.69, 9.17) is 4.74 Å². The Balaban J connectivity index is 1.26. The van der Waals surface area contributed by atoms with Crippen molar-refractivity contribution in [3.05, 3.63) is 48.3 Å². The summed E-state index contributed by atoms with van der Waals surface area (Å²) in [5.74, 6) is 0.540. The lowest BCUT2D eigenvalue weighted by atomic mass is 10.1. The number of rotatable bonds is 6. The van der Waals surface area contributed by atoms with E-state index in [0.717, 1.165) is 51.5 Å². The molecule has 4 rings (SSSR count). The first-order chi connectivity index (χ1) is 12.3. The van der Waals surface area contributed by atoms with Gasteiger partial charge in [-0.25, -0.2) is 0 Å². The number of morpholine rings is 1. The summed E-state index contributed by atoms with van der Waals surface area (Å²) in [6, 6.07) is 10.3. The zero-order chi connectivity index (χ0) is 17.1. The molecule has 1 saturated heterocycles. The third kappa shape index (κ3) is 4.08. The highest BCUT2D eigenvalue weighted by Gasteiger charge is 2.43. The maximum absolute atomic E-state index is 12.4. The Hall–Kier alpha value is -2.18. The van der Waals surface area contributed by atoms with Crippen LogP contribution in [0.5, 0.6) is 0 Å². The van der Waals surface area contributed by atoms with Crippen LogP contribution in [0, 0.1) is 5.92 Å². The van der Waals surface area contributed by atoms with Gasteiger partial charge in [0.05, 0.1) is 31.6 Å². The van der Waals surface area contributed by atoms with Gasteiger partial charge in [-0.2, -0.15) is 5.10 Å². The van der Waals surface area contributed by atoms with Gasteiger partial charge in [-0.15, -0.1) is 0 Å². The maximum Gasteiger partial charge on any atom is 0.228 e. The fourth-order valence-corrected chi connectivity index (χ4v) is 3.41. The molecule has 0 unspecified atom stereocenters. The highest BCUT2D eigenvalue weighted by Crippen LogP contribution is 2.47. The van der Waals surface area contributed by atoms with E-state index in [1.807, 2.05) is 29.1 Å². The topological polar surface area (TPSA) is 59.4 Å². The molecule has 25 heavy (non-hydrogen) atoms. The Morgan fingerprint density at radius 3 is 2.80 bits per heavy atom. The Kier molecular flexibility index (Phi) is 4.81. The fourth-order valence-electron chi connectivity index (χ4n) is 3.41. The molecule has 1 aromatic heterocycles. The van der Waals surface area contributed by atoms with Gasteiger partial charge in [0.15, 0.2) is 0 Å². The monoisotopic (exact) mass is 340 g/mol. The Labute approximate surface area is 147 Å². The predicted molar refractivity (Wildman–Crippen MR) is 95.4 cm³/mol. The van der Waals surface area contributed by atoms with E-state index < -0.39 is 0 Å². The molecule has 132 valence electrons. The van der Waals surface area contributed by atoms with Crippen molar-refractivity contribution in [3.63, 3.8) is 0 Å². The van der Waals surface area contributed by atoms with Crippen LogP contribution in [0.15, 0.2) is 42.7 Å². The summed E-state index contributed by atoms with van der Waals surface area (Å²) in [5, 5.41) is 7.36. The largest absolute Gasteiger partial charge is 0.379 e. The summed E-state index contributed by atoms with van der Waals surface area (Å²) in [7, 11) is 0. The number of amides is 1. The smallest absolute Gasteiger partial charge is 0.228 e. The molecular weight excluding hydrogens is 316 g/mol. The zero-order valence-corrected chi connectivity index (χ0v) is 14.3. The van der Waals surface area contributed by atoms with Gasteiger partial charge in [-0.1, -0.05) is 30.3 Å². The molecular formula is C19H24N4O2. The maximum atomic E-state index is 12.4. The molecule has 0 bridgehead atoms. The molecule has 1 N–H and O–H groups in total. The lowest BCUT2D eigenvalue weighted by Gasteiger charge is -2.26. The summed E-state index contributed by atoms with van der Waals surface area (Å²) in [6.07, 6.45) is 4.58. The van der Waals surface area contributed by atoms with Crippen LogP contribution in [0.2, 0.25) is 0 Å². The highest BCUT2D eigenvalue weighted by molar-refractivity contribution is 5.95. The predicted octanol–water partition coefficient (Wildman–Crippen LogP) is 1.96. The van der Waals surface area contributed by atoms with Crippen molar-refractivity contribution < 1.29 is 9.53 Å². The molecule has 6 heteroatoms. The second kappa shape index (κ2) is 7.37. The molecule has 1 aromatic carbocycles. The van der Waals surface area contributed by atoms with Gasteiger partial charge in [0.2, 0.25) is 5.91 Å². The number of carbonyl (C=O) groups excluding carboxylic acids is 1. The SMILES string of the molecule is O=C(Nc1cnn(CCN2CCOCC2)c1)[C@@H]1C[C@@H]1c1ccccc1. The minimum atomic E-state index is 0.0825. The summed E-state index contributed by atoms with van der Waals surface area (Å²) in [5.41, 5.74) is 2.04. The van der Waals surface area contributed by atoms with Crippen LogP contribution >= 0.6 is 0 Å². The van der Waals surface area contributed by atoms with Crippen LogP contribution in [0.4, 0.5) is 5.69 Å². The molecule has 1 aliphatic heterocycles. The molecule has 2 fully saturated rings. The number of nitrogens with zero attached hydrogens (tertiary/aromatic N) is 3. The fraction of sp³-hybridized carbons (Fsp3) is 0.474. The number of hydrogen-bond donors (Lipinski definition) is 1. The van der Waals surface area contributed by atoms with E-state index >= 15 is 0 Å². The second-order valence-electron chi connectivity index (χ2n) is 6.79. The number of aromatic nitrogens is 2. The normalized spacial score (nSPS) is 23.4. The van der Waals surface area contributed by atoms with Crippen LogP contribution in [0.3, 0.4) is 0 Å². The van der Waals surface area contributed by atoms with Crippen LogP contribution < -0.4 is 5.32 Å². The minimum Gasteiger partial charge on any atom is -0.379 e. The van der Waals surface area contributed by atoms with Crippen molar-refractivity contribution in [2.45, 2.75) is 18.9 Å². The zero-order valence-electron chi connectivity index (χ0n) is 14.3. The summed E-state index contributed by atoms with van der Waals surface area (Å²) in [6.45, 7) is 5.36. The van der Waals surface area contributed by atoms with Crippen LogP contribution in [0.25, 0.3) is 0 Å². The molecule has 2 aromatic rings. The second-order valence-corrected chi connectivity index (χ2v) is 6.79. The number of hydrogen-bond acceptors (Lipinski definition) is 4. The van der Waals surface area contributed by atoms with E-state index in [2.05, 4.69) is 27.4 Å². The summed E-state index contributed by atoms with van der Waals surface area (Å²) in [4.78, 5) is 14.8. The van der Waals surface area contributed by atoms with Gasteiger partial charge in [0.1, 0.15) is 0 Å². The Morgan fingerprint density at radius 1 is 1.20 bits per heavy atom. The molecule has 2 aliphatic rings. The molecule has 1 saturated carbocycles. The van der Waals surface area contributed by atoms with E-state index in [0.29, 0.717) is 5.92 Å². The van der Waals surface area contributed by atoms with Gasteiger partial charge < -0.3 is 10.1 Å². The van der Waals surface area contributed by atoms with Crippen LogP contribution in [-0.4, -0.2) is 53.4 Å². The van der Waals surface area contributed by atoms with E-state index in [-0.39, 0.29) is 11.8 Å². The highest BCUT2D eigenvalue weighted by atomic mass is 16.5. The summed E-state index contributed by atoms with van der Waals surface area (Å²) >= 11 is 0. The van der Waals surface area contributed by atoms with Crippen LogP contribution in [-0.2, 0) is 16.1 Å². The van der Waals surface area contributed by atoms with Crippen molar-refractivity contribution in [2.24, 2.45) is 5.92 Å². The van der Waals surface area contributed by atoms with Crippen molar-refractivity contribution in [2.75, 3.05) is 38.2 Å². The van der Waals surface area contributed by atoms with Crippen molar-refractivity contribution in [1.29, 1.82) is 0 Å². The molecule has 0 spiro atoms. The van der Waals surface area contributed by atoms with Crippen LogP contribution in [0.1, 0.15) is 17.9 Å². The minimum absolute atomic E-state index is 0.0825. The lowest BCUT2D eigenvalue weighted by Crippen LogP contribution is -2.38. The molecule has 2 atom stereocenters. The van der Waals surface area contributed by atoms with Gasteiger partial charge >= 0.3 is 0 Å². The van der Waals surface area contributed by atoms with E-state index in [9.17, 15) is 4.79 Å². The average molecular weight is 340 g/mol. The first-order valence-corrected chi connectivity index (χ1v) is 8.98. The van der Waals surface area contributed by atoms with Gasteiger partial charge in [0.25, 0.3) is 0 Å². The first-order valence-electron chi connectivity index (χ1n) is 8.98. The van der Waals surface area contributed by atoms with Gasteiger partial charge in [-0.05, 0) is 17.9 Å². The molecule has 1 aliphatic carbocycles. The molecule has 6 nitrogen and oxygen atoms in total. The molecule has 2 heterocycles. The molecule has 0 radical (unpaired) electrons. The lowest BCUT2D eigenvalue weighted by molar-refractivity contribution is -0.117. The van der Waals surface area contributed by atoms with Crippen molar-refractivity contribution >= 4 is 11.6 Å². The van der Waals surface area contributed by atoms with Crippen molar-refractivity contribution in [1.82, 2.24) is 14.7 Å². The van der Waals surface area contributed by atoms with Gasteiger partial charge in [-0.3, -0.25) is 14.4 Å². The number of carbonyl (C=O) groups is 1.